The first-order valence-electron chi connectivity index (χ1n) is 10.3. The van der Waals surface area contributed by atoms with Crippen LogP contribution in [0.15, 0.2) is 24.3 Å². The van der Waals surface area contributed by atoms with Crippen molar-refractivity contribution in [2.24, 2.45) is 17.8 Å². The third-order valence-corrected chi connectivity index (χ3v) is 6.89. The number of likely N-dealkylation sites (tertiary alicyclic amines) is 1. The van der Waals surface area contributed by atoms with Gasteiger partial charge in [0.1, 0.15) is 5.75 Å². The third kappa shape index (κ3) is 3.96. The number of carbonyl (C=O) groups is 1. The maximum absolute atomic E-state index is 12.4. The molecule has 0 amide bonds. The van der Waals surface area contributed by atoms with Gasteiger partial charge in [0, 0.05) is 18.7 Å². The number of Topliss-reactive ketones (excluding diaryl/α,β-unsaturated/α-hetero) is 1. The van der Waals surface area contributed by atoms with Gasteiger partial charge in [-0.15, -0.1) is 0 Å². The van der Waals surface area contributed by atoms with E-state index >= 15 is 0 Å². The highest BCUT2D eigenvalue weighted by Crippen LogP contribution is 2.47. The average molecular weight is 357 g/mol. The second kappa shape index (κ2) is 7.32. The summed E-state index contributed by atoms with van der Waals surface area (Å²) in [5, 5.41) is 20.5. The smallest absolute Gasteiger partial charge is 0.176 e. The summed E-state index contributed by atoms with van der Waals surface area (Å²) in [4.78, 5) is 14.7. The molecule has 4 nitrogen and oxygen atoms in total. The summed E-state index contributed by atoms with van der Waals surface area (Å²) in [6.07, 6.45) is 9.45. The van der Waals surface area contributed by atoms with Crippen molar-refractivity contribution in [2.45, 2.75) is 57.0 Å². The zero-order valence-corrected chi connectivity index (χ0v) is 15.6. The fourth-order valence-electron chi connectivity index (χ4n) is 5.72. The molecule has 1 aliphatic heterocycles. The molecule has 0 spiro atoms. The van der Waals surface area contributed by atoms with E-state index in [2.05, 4.69) is 4.90 Å². The van der Waals surface area contributed by atoms with Gasteiger partial charge in [0.25, 0.3) is 0 Å². The summed E-state index contributed by atoms with van der Waals surface area (Å²) in [6.45, 7) is 2.31. The van der Waals surface area contributed by atoms with Crippen molar-refractivity contribution in [2.75, 3.05) is 19.6 Å². The molecule has 1 saturated heterocycles. The Labute approximate surface area is 156 Å². The number of rotatable bonds is 5. The molecule has 2 saturated carbocycles. The van der Waals surface area contributed by atoms with E-state index in [4.69, 9.17) is 0 Å². The van der Waals surface area contributed by atoms with Crippen LogP contribution in [0, 0.1) is 17.8 Å². The van der Waals surface area contributed by atoms with Crippen molar-refractivity contribution in [3.63, 3.8) is 0 Å². The Bertz CT molecular complexity index is 621. The van der Waals surface area contributed by atoms with Crippen LogP contribution in [0.5, 0.6) is 5.75 Å². The van der Waals surface area contributed by atoms with Crippen molar-refractivity contribution >= 4 is 5.78 Å². The van der Waals surface area contributed by atoms with Crippen LogP contribution >= 0.6 is 0 Å². The molecule has 3 fully saturated rings. The van der Waals surface area contributed by atoms with Gasteiger partial charge in [0.2, 0.25) is 0 Å². The zero-order valence-electron chi connectivity index (χ0n) is 15.6. The molecule has 1 unspecified atom stereocenters. The third-order valence-electron chi connectivity index (χ3n) is 6.89. The maximum atomic E-state index is 12.4. The predicted octanol–water partition coefficient (Wildman–Crippen LogP) is 3.62. The Kier molecular flexibility index (Phi) is 5.07. The molecule has 1 heterocycles. The topological polar surface area (TPSA) is 60.8 Å². The Morgan fingerprint density at radius 1 is 1.04 bits per heavy atom. The van der Waals surface area contributed by atoms with Crippen LogP contribution in [0.25, 0.3) is 0 Å². The minimum Gasteiger partial charge on any atom is -0.508 e. The van der Waals surface area contributed by atoms with Gasteiger partial charge in [-0.25, -0.2) is 0 Å². The van der Waals surface area contributed by atoms with Crippen molar-refractivity contribution in [1.29, 1.82) is 0 Å². The number of benzene rings is 1. The van der Waals surface area contributed by atoms with Crippen molar-refractivity contribution in [1.82, 2.24) is 4.90 Å². The lowest BCUT2D eigenvalue weighted by atomic mass is 9.79. The van der Waals surface area contributed by atoms with Crippen LogP contribution in [0.4, 0.5) is 0 Å². The molecule has 0 bridgehead atoms. The quantitative estimate of drug-likeness (QED) is 0.790. The molecule has 3 aliphatic rings. The normalized spacial score (nSPS) is 32.7. The molecule has 1 aromatic rings. The number of carbonyl (C=O) groups excluding carboxylic acids is 1. The Hall–Kier alpha value is -1.39. The predicted molar refractivity (Wildman–Crippen MR) is 101 cm³/mol. The van der Waals surface area contributed by atoms with E-state index < -0.39 is 5.60 Å². The number of aromatic hydroxyl groups is 1. The van der Waals surface area contributed by atoms with Crippen molar-refractivity contribution in [3.8, 4) is 5.75 Å². The molecule has 2 aliphatic carbocycles. The molecule has 0 aromatic heterocycles. The van der Waals surface area contributed by atoms with E-state index in [9.17, 15) is 15.0 Å². The van der Waals surface area contributed by atoms with Gasteiger partial charge in [0.15, 0.2) is 5.78 Å². The van der Waals surface area contributed by atoms with Crippen LogP contribution in [0.2, 0.25) is 0 Å². The Balaban J connectivity index is 1.29. The highest BCUT2D eigenvalue weighted by atomic mass is 16.3. The van der Waals surface area contributed by atoms with E-state index in [-0.39, 0.29) is 11.5 Å². The number of aliphatic hydroxyl groups is 1. The number of phenolic OH excluding ortho intramolecular Hbond substituents is 1. The highest BCUT2D eigenvalue weighted by Gasteiger charge is 2.48. The van der Waals surface area contributed by atoms with E-state index in [1.54, 1.807) is 24.3 Å². The van der Waals surface area contributed by atoms with Gasteiger partial charge in [0.05, 0.1) is 12.1 Å². The van der Waals surface area contributed by atoms with Gasteiger partial charge in [-0.2, -0.15) is 0 Å². The van der Waals surface area contributed by atoms with Crippen molar-refractivity contribution < 1.29 is 15.0 Å². The van der Waals surface area contributed by atoms with E-state index in [0.29, 0.717) is 23.9 Å². The molecule has 1 aromatic carbocycles. The number of hydrogen-bond donors (Lipinski definition) is 2. The van der Waals surface area contributed by atoms with Crippen LogP contribution in [0.1, 0.15) is 61.7 Å². The number of nitrogens with zero attached hydrogens (tertiary/aromatic N) is 1. The molecule has 4 rings (SSSR count). The second-order valence-corrected chi connectivity index (χ2v) is 9.03. The average Bonchev–Trinajstić information content (AvgIpc) is 3.10. The lowest BCUT2D eigenvalue weighted by Gasteiger charge is -2.32. The summed E-state index contributed by atoms with van der Waals surface area (Å²) < 4.78 is 0. The fraction of sp³-hybridized carbons (Fsp3) is 0.682. The SMILES string of the molecule is O=C(CN1C[C@@H]2CC(O)(CC3CCCCC3)C[C@@H]2C1)c1ccc(O)cc1. The Morgan fingerprint density at radius 3 is 2.27 bits per heavy atom. The summed E-state index contributed by atoms with van der Waals surface area (Å²) in [5.74, 6) is 2.10. The van der Waals surface area contributed by atoms with Crippen LogP contribution in [0.3, 0.4) is 0 Å². The molecule has 4 heteroatoms. The molecule has 26 heavy (non-hydrogen) atoms. The second-order valence-electron chi connectivity index (χ2n) is 9.03. The Morgan fingerprint density at radius 2 is 1.65 bits per heavy atom. The van der Waals surface area contributed by atoms with Crippen LogP contribution in [-0.4, -0.2) is 46.1 Å². The lowest BCUT2D eigenvalue weighted by Crippen LogP contribution is -2.34. The number of hydrogen-bond acceptors (Lipinski definition) is 4. The highest BCUT2D eigenvalue weighted by molar-refractivity contribution is 5.97. The molecule has 142 valence electrons. The minimum absolute atomic E-state index is 0.113. The first kappa shape index (κ1) is 18.0. The van der Waals surface area contributed by atoms with Crippen molar-refractivity contribution in [3.05, 3.63) is 29.8 Å². The summed E-state index contributed by atoms with van der Waals surface area (Å²) in [6, 6.07) is 6.52. The van der Waals surface area contributed by atoms with Gasteiger partial charge in [-0.05, 0) is 61.3 Å². The summed E-state index contributed by atoms with van der Waals surface area (Å²) in [5.41, 5.74) is 0.207. The van der Waals surface area contributed by atoms with Gasteiger partial charge in [-0.1, -0.05) is 32.1 Å². The first-order valence-corrected chi connectivity index (χ1v) is 10.3. The van der Waals surface area contributed by atoms with Gasteiger partial charge < -0.3 is 10.2 Å². The first-order chi connectivity index (χ1) is 12.5. The largest absolute Gasteiger partial charge is 0.508 e. The molecule has 3 atom stereocenters. The van der Waals surface area contributed by atoms with Gasteiger partial charge >= 0.3 is 0 Å². The number of phenols is 1. The molecule has 2 N–H and O–H groups in total. The van der Waals surface area contributed by atoms with E-state index in [1.165, 1.54) is 32.1 Å². The molecule has 0 radical (unpaired) electrons. The van der Waals surface area contributed by atoms with E-state index in [1.807, 2.05) is 0 Å². The van der Waals surface area contributed by atoms with Crippen LogP contribution < -0.4 is 0 Å². The molecular weight excluding hydrogens is 326 g/mol. The molecular formula is C22H31NO3. The van der Waals surface area contributed by atoms with E-state index in [0.717, 1.165) is 38.3 Å². The number of ketones is 1. The monoisotopic (exact) mass is 357 g/mol. The van der Waals surface area contributed by atoms with Crippen LogP contribution in [-0.2, 0) is 0 Å². The summed E-state index contributed by atoms with van der Waals surface area (Å²) >= 11 is 0. The number of fused-ring (bicyclic) bond motifs is 1. The lowest BCUT2D eigenvalue weighted by molar-refractivity contribution is 0.00622. The standard InChI is InChI=1S/C22H31NO3/c24-20-8-6-17(7-9-20)21(25)15-23-13-18-11-22(26,12-19(18)14-23)10-16-4-2-1-3-5-16/h6-9,16,18-19,24,26H,1-5,10-15H2/t18-,19+,22?. The fourth-order valence-corrected chi connectivity index (χ4v) is 5.72. The van der Waals surface area contributed by atoms with Gasteiger partial charge in [-0.3, -0.25) is 9.69 Å². The minimum atomic E-state index is -0.454. The zero-order chi connectivity index (χ0) is 18.1. The summed E-state index contributed by atoms with van der Waals surface area (Å²) in [7, 11) is 0. The maximum Gasteiger partial charge on any atom is 0.176 e.